The van der Waals surface area contributed by atoms with E-state index in [1.807, 2.05) is 6.92 Å². The lowest BCUT2D eigenvalue weighted by atomic mass is 9.84. The van der Waals surface area contributed by atoms with Crippen molar-refractivity contribution in [2.45, 2.75) is 31.2 Å². The minimum atomic E-state index is -2.99. The van der Waals surface area contributed by atoms with E-state index in [0.29, 0.717) is 4.90 Å². The average Bonchev–Trinajstić information content (AvgIpc) is 2.52. The predicted molar refractivity (Wildman–Crippen MR) is 81.6 cm³/mol. The van der Waals surface area contributed by atoms with E-state index < -0.39 is 40.8 Å². The van der Waals surface area contributed by atoms with Crippen LogP contribution in [0.3, 0.4) is 0 Å². The number of methoxy groups -OCH3 is 1. The molecule has 0 radical (unpaired) electrons. The van der Waals surface area contributed by atoms with Gasteiger partial charge in [0.05, 0.1) is 7.11 Å². The van der Waals surface area contributed by atoms with Crippen molar-refractivity contribution >= 4 is 23.6 Å². The zero-order valence-corrected chi connectivity index (χ0v) is 13.9. The molecule has 0 aliphatic rings. The van der Waals surface area contributed by atoms with Gasteiger partial charge in [-0.05, 0) is 37.2 Å². The molecule has 8 heteroatoms. The van der Waals surface area contributed by atoms with Crippen molar-refractivity contribution in [2.75, 3.05) is 12.9 Å². The second-order valence-corrected chi connectivity index (χ2v) is 6.80. The van der Waals surface area contributed by atoms with Crippen molar-refractivity contribution in [1.29, 1.82) is 0 Å². The van der Waals surface area contributed by atoms with Crippen LogP contribution in [0.15, 0.2) is 29.2 Å². The van der Waals surface area contributed by atoms with Gasteiger partial charge in [-0.15, -0.1) is 0 Å². The summed E-state index contributed by atoms with van der Waals surface area (Å²) < 4.78 is 44.1. The van der Waals surface area contributed by atoms with Crippen molar-refractivity contribution in [2.24, 2.45) is 5.41 Å². The van der Waals surface area contributed by atoms with Crippen LogP contribution in [0.5, 0.6) is 0 Å². The molecule has 0 heterocycles. The number of ether oxygens (including phenoxy) is 1. The standard InChI is InChI=1S/C15H19F2NO4S/c1-10-4-6-11(7-5-10)23(21)8-15(2,14(16)17)12(18-9-19)13(20)22-3/h4-7,9,12,14H,8H2,1-3H3,(H,18,19)/t12-,15-,23?/m1/s1. The number of amides is 1. The van der Waals surface area contributed by atoms with Crippen molar-refractivity contribution < 1.29 is 27.7 Å². The van der Waals surface area contributed by atoms with Crippen LogP contribution in [-0.4, -0.2) is 42.3 Å². The molecule has 1 aromatic carbocycles. The van der Waals surface area contributed by atoms with E-state index in [1.54, 1.807) is 24.3 Å². The van der Waals surface area contributed by atoms with Crippen molar-refractivity contribution in [3.05, 3.63) is 29.8 Å². The van der Waals surface area contributed by atoms with Crippen LogP contribution in [0.2, 0.25) is 0 Å². The minimum absolute atomic E-state index is 0.150. The van der Waals surface area contributed by atoms with E-state index >= 15 is 0 Å². The number of halogens is 2. The Kier molecular flexibility index (Phi) is 6.96. The summed E-state index contributed by atoms with van der Waals surface area (Å²) in [6.45, 7) is 2.94. The topological polar surface area (TPSA) is 78.5 Å². The number of hydrogen-bond acceptors (Lipinski definition) is 4. The fourth-order valence-corrected chi connectivity index (χ4v) is 3.51. The number of esters is 1. The summed E-state index contributed by atoms with van der Waals surface area (Å²) in [5, 5.41) is 2.05. The average molecular weight is 347 g/mol. The summed E-state index contributed by atoms with van der Waals surface area (Å²) in [5.41, 5.74) is -1.10. The van der Waals surface area contributed by atoms with Gasteiger partial charge in [-0.3, -0.25) is 4.79 Å². The van der Waals surface area contributed by atoms with Gasteiger partial charge in [-0.25, -0.2) is 13.6 Å². The smallest absolute Gasteiger partial charge is 0.329 e. The molecule has 1 N–H and O–H groups in total. The zero-order valence-electron chi connectivity index (χ0n) is 13.0. The normalized spacial score (nSPS) is 16.3. The van der Waals surface area contributed by atoms with Crippen LogP contribution in [0.25, 0.3) is 0 Å². The quantitative estimate of drug-likeness (QED) is 0.441. The molecular formula is C15H19F2NO4S. The molecule has 128 valence electrons. The molecule has 0 saturated carbocycles. The molecule has 0 aromatic heterocycles. The second-order valence-electron chi connectivity index (χ2n) is 5.35. The Morgan fingerprint density at radius 3 is 2.43 bits per heavy atom. The Balaban J connectivity index is 3.09. The molecule has 3 atom stereocenters. The number of hydrogen-bond donors (Lipinski definition) is 1. The third kappa shape index (κ3) is 4.65. The highest BCUT2D eigenvalue weighted by molar-refractivity contribution is 7.91. The summed E-state index contributed by atoms with van der Waals surface area (Å²) >= 11 is -1.77. The molecule has 0 aliphatic heterocycles. The van der Waals surface area contributed by atoms with E-state index in [0.717, 1.165) is 19.6 Å². The van der Waals surface area contributed by atoms with Gasteiger partial charge in [0.15, 0.2) is 4.90 Å². The Bertz CT molecular complexity index is 541. The zero-order chi connectivity index (χ0) is 17.6. The number of alkyl halides is 2. The molecule has 0 spiro atoms. The molecule has 0 aliphatic carbocycles. The van der Waals surface area contributed by atoms with Crippen molar-refractivity contribution in [3.63, 3.8) is 0 Å². The van der Waals surface area contributed by atoms with Crippen LogP contribution < -0.4 is 5.32 Å². The number of carbonyl (C=O) groups is 2. The minimum Gasteiger partial charge on any atom is -0.611 e. The number of benzene rings is 1. The Morgan fingerprint density at radius 1 is 1.43 bits per heavy atom. The van der Waals surface area contributed by atoms with Gasteiger partial charge in [0, 0.05) is 0 Å². The largest absolute Gasteiger partial charge is 0.611 e. The molecule has 0 fully saturated rings. The summed E-state index contributed by atoms with van der Waals surface area (Å²) in [7, 11) is 1.03. The van der Waals surface area contributed by atoms with E-state index in [9.17, 15) is 22.9 Å². The summed E-state index contributed by atoms with van der Waals surface area (Å²) in [6.07, 6.45) is -2.84. The Morgan fingerprint density at radius 2 is 2.00 bits per heavy atom. The van der Waals surface area contributed by atoms with E-state index in [4.69, 9.17) is 0 Å². The third-order valence-corrected chi connectivity index (χ3v) is 5.24. The molecule has 1 amide bonds. The van der Waals surface area contributed by atoms with Gasteiger partial charge < -0.3 is 14.6 Å². The third-order valence-electron chi connectivity index (χ3n) is 3.56. The SMILES string of the molecule is COC(=O)[C@@H](NC=O)[C@@](C)(C[S+]([O-])c1ccc(C)cc1)C(F)F. The van der Waals surface area contributed by atoms with Crippen LogP contribution in [0.4, 0.5) is 8.78 Å². The highest BCUT2D eigenvalue weighted by Crippen LogP contribution is 2.34. The Labute approximate surface area is 136 Å². The Hall–Kier alpha value is -1.67. The van der Waals surface area contributed by atoms with Crippen LogP contribution >= 0.6 is 0 Å². The van der Waals surface area contributed by atoms with Crippen molar-refractivity contribution in [3.8, 4) is 0 Å². The number of nitrogens with one attached hydrogen (secondary N) is 1. The van der Waals surface area contributed by atoms with Gasteiger partial charge in [-0.2, -0.15) is 0 Å². The van der Waals surface area contributed by atoms with Gasteiger partial charge in [0.1, 0.15) is 17.2 Å². The summed E-state index contributed by atoms with van der Waals surface area (Å²) in [4.78, 5) is 22.8. The lowest BCUT2D eigenvalue weighted by Gasteiger charge is -2.34. The highest BCUT2D eigenvalue weighted by Gasteiger charge is 2.51. The summed E-state index contributed by atoms with van der Waals surface area (Å²) in [6, 6.07) is 5.00. The first-order chi connectivity index (χ1) is 10.8. The molecule has 1 aromatic rings. The molecule has 5 nitrogen and oxygen atoms in total. The van der Waals surface area contributed by atoms with E-state index in [2.05, 4.69) is 10.1 Å². The molecule has 0 bridgehead atoms. The lowest BCUT2D eigenvalue weighted by molar-refractivity contribution is -0.151. The maximum atomic E-state index is 13.6. The van der Waals surface area contributed by atoms with Gasteiger partial charge in [0.25, 0.3) is 6.43 Å². The first kappa shape index (κ1) is 19.4. The van der Waals surface area contributed by atoms with Crippen LogP contribution in [0.1, 0.15) is 12.5 Å². The second kappa shape index (κ2) is 8.26. The van der Waals surface area contributed by atoms with Crippen molar-refractivity contribution in [1.82, 2.24) is 5.32 Å². The maximum absolute atomic E-state index is 13.6. The first-order valence-electron chi connectivity index (χ1n) is 6.77. The number of aryl methyl sites for hydroxylation is 1. The van der Waals surface area contributed by atoms with Crippen LogP contribution in [0, 0.1) is 12.3 Å². The lowest BCUT2D eigenvalue weighted by Crippen LogP contribution is -2.55. The fourth-order valence-electron chi connectivity index (χ4n) is 2.04. The molecule has 0 saturated heterocycles. The summed E-state index contributed by atoms with van der Waals surface area (Å²) in [5.74, 6) is -1.52. The first-order valence-corrected chi connectivity index (χ1v) is 8.09. The fraction of sp³-hybridized carbons (Fsp3) is 0.467. The van der Waals surface area contributed by atoms with Gasteiger partial charge >= 0.3 is 5.97 Å². The monoisotopic (exact) mass is 347 g/mol. The predicted octanol–water partition coefficient (Wildman–Crippen LogP) is 1.66. The van der Waals surface area contributed by atoms with E-state index in [-0.39, 0.29) is 6.41 Å². The van der Waals surface area contributed by atoms with Gasteiger partial charge in [-0.1, -0.05) is 17.7 Å². The molecule has 1 unspecified atom stereocenters. The van der Waals surface area contributed by atoms with Gasteiger partial charge in [0.2, 0.25) is 6.41 Å². The highest BCUT2D eigenvalue weighted by atomic mass is 32.2. The van der Waals surface area contributed by atoms with Crippen LogP contribution in [-0.2, 0) is 25.5 Å². The molecular weight excluding hydrogens is 328 g/mol. The molecule has 23 heavy (non-hydrogen) atoms. The number of carbonyl (C=O) groups excluding carboxylic acids is 2. The maximum Gasteiger partial charge on any atom is 0.329 e. The molecule has 1 rings (SSSR count). The van der Waals surface area contributed by atoms with E-state index in [1.165, 1.54) is 0 Å². The number of rotatable bonds is 8.